The third-order valence-corrected chi connectivity index (χ3v) is 7.40. The molecule has 7 heteroatoms. The van der Waals surface area contributed by atoms with Crippen LogP contribution >= 0.6 is 0 Å². The van der Waals surface area contributed by atoms with Gasteiger partial charge in [-0.05, 0) is 54.1 Å². The summed E-state index contributed by atoms with van der Waals surface area (Å²) in [6, 6.07) is 21.8. The Labute approximate surface area is 211 Å². The summed E-state index contributed by atoms with van der Waals surface area (Å²) in [6.07, 6.45) is 0. The second-order valence-corrected chi connectivity index (χ2v) is 9.82. The van der Waals surface area contributed by atoms with Crippen molar-refractivity contribution in [3.8, 4) is 5.75 Å². The average molecular weight is 486 g/mol. The summed E-state index contributed by atoms with van der Waals surface area (Å²) in [6.45, 7) is 8.01. The van der Waals surface area contributed by atoms with E-state index in [9.17, 15) is 4.39 Å². The fourth-order valence-corrected chi connectivity index (χ4v) is 5.35. The number of hydrogen-bond donors (Lipinski definition) is 0. The first-order valence-corrected chi connectivity index (χ1v) is 12.7. The Bertz CT molecular complexity index is 1340. The highest BCUT2D eigenvalue weighted by Crippen LogP contribution is 2.27. The molecule has 0 saturated carbocycles. The summed E-state index contributed by atoms with van der Waals surface area (Å²) in [5.41, 5.74) is 5.87. The first-order chi connectivity index (χ1) is 17.6. The van der Waals surface area contributed by atoms with E-state index in [1.165, 1.54) is 16.6 Å². The minimum absolute atomic E-state index is 0.184. The van der Waals surface area contributed by atoms with Gasteiger partial charge in [-0.25, -0.2) is 9.37 Å². The lowest BCUT2D eigenvalue weighted by molar-refractivity contribution is 0.214. The van der Waals surface area contributed by atoms with E-state index in [4.69, 9.17) is 9.72 Å². The zero-order valence-electron chi connectivity index (χ0n) is 20.7. The van der Waals surface area contributed by atoms with Crippen LogP contribution in [0.3, 0.4) is 0 Å². The van der Waals surface area contributed by atoms with Crippen molar-refractivity contribution in [3.63, 3.8) is 0 Å². The molecule has 1 fully saturated rings. The summed E-state index contributed by atoms with van der Waals surface area (Å²) < 4.78 is 21.6. The van der Waals surface area contributed by atoms with Gasteiger partial charge in [0.25, 0.3) is 0 Å². The SMILES string of the molecule is Cn1c(CN2CCOc3ccc(CN4CCN(c5ccc(F)cc5)CC4)cc3C2)nc2ccccc21. The molecule has 3 aromatic carbocycles. The van der Waals surface area contributed by atoms with Gasteiger partial charge in [0.05, 0.1) is 17.6 Å². The number of piperazine rings is 1. The fraction of sp³-hybridized carbons (Fsp3) is 0.345. The molecule has 1 saturated heterocycles. The lowest BCUT2D eigenvalue weighted by atomic mass is 10.1. The number of fused-ring (bicyclic) bond motifs is 2. The van der Waals surface area contributed by atoms with E-state index in [1.54, 1.807) is 12.1 Å². The summed E-state index contributed by atoms with van der Waals surface area (Å²) in [7, 11) is 2.10. The van der Waals surface area contributed by atoms with Crippen LogP contribution in [-0.2, 0) is 26.7 Å². The molecule has 1 aromatic heterocycles. The monoisotopic (exact) mass is 485 g/mol. The smallest absolute Gasteiger partial charge is 0.123 e. The van der Waals surface area contributed by atoms with Crippen LogP contribution in [0.2, 0.25) is 0 Å². The molecule has 186 valence electrons. The number of para-hydroxylation sites is 2. The molecule has 0 bridgehead atoms. The van der Waals surface area contributed by atoms with E-state index in [1.807, 2.05) is 18.2 Å². The molecule has 4 aromatic rings. The van der Waals surface area contributed by atoms with Crippen LogP contribution in [-0.4, -0.2) is 58.7 Å². The zero-order valence-corrected chi connectivity index (χ0v) is 20.7. The number of benzene rings is 3. The molecule has 2 aliphatic rings. The number of rotatable bonds is 5. The minimum atomic E-state index is -0.184. The van der Waals surface area contributed by atoms with Crippen molar-refractivity contribution < 1.29 is 9.13 Å². The molecule has 0 N–H and O–H groups in total. The lowest BCUT2D eigenvalue weighted by Gasteiger charge is -2.36. The van der Waals surface area contributed by atoms with Crippen LogP contribution in [0, 0.1) is 5.82 Å². The second-order valence-electron chi connectivity index (χ2n) is 9.82. The Morgan fingerprint density at radius 1 is 0.861 bits per heavy atom. The number of hydrogen-bond acceptors (Lipinski definition) is 5. The number of aromatic nitrogens is 2. The topological polar surface area (TPSA) is 36.8 Å². The third kappa shape index (κ3) is 4.81. The van der Waals surface area contributed by atoms with Crippen molar-refractivity contribution in [1.82, 2.24) is 19.4 Å². The molecule has 0 amide bonds. The Morgan fingerprint density at radius 3 is 2.47 bits per heavy atom. The van der Waals surface area contributed by atoms with Crippen LogP contribution < -0.4 is 9.64 Å². The molecule has 0 atom stereocenters. The number of nitrogens with zero attached hydrogens (tertiary/aromatic N) is 5. The van der Waals surface area contributed by atoms with Crippen LogP contribution in [0.1, 0.15) is 17.0 Å². The van der Waals surface area contributed by atoms with Crippen molar-refractivity contribution in [1.29, 1.82) is 0 Å². The van der Waals surface area contributed by atoms with Gasteiger partial charge in [0.1, 0.15) is 24.0 Å². The molecule has 36 heavy (non-hydrogen) atoms. The molecule has 6 rings (SSSR count). The maximum Gasteiger partial charge on any atom is 0.123 e. The Hall–Kier alpha value is -3.42. The molecule has 0 spiro atoms. The van der Waals surface area contributed by atoms with Gasteiger partial charge in [0, 0.05) is 64.1 Å². The van der Waals surface area contributed by atoms with Gasteiger partial charge >= 0.3 is 0 Å². The minimum Gasteiger partial charge on any atom is -0.492 e. The molecule has 0 radical (unpaired) electrons. The fourth-order valence-electron chi connectivity index (χ4n) is 5.35. The Balaban J connectivity index is 1.11. The van der Waals surface area contributed by atoms with Gasteiger partial charge in [-0.1, -0.05) is 18.2 Å². The largest absolute Gasteiger partial charge is 0.492 e. The van der Waals surface area contributed by atoms with Gasteiger partial charge in [0.2, 0.25) is 0 Å². The van der Waals surface area contributed by atoms with E-state index in [0.29, 0.717) is 6.61 Å². The third-order valence-electron chi connectivity index (χ3n) is 7.40. The van der Waals surface area contributed by atoms with E-state index in [2.05, 4.69) is 62.7 Å². The van der Waals surface area contributed by atoms with Crippen molar-refractivity contribution in [2.75, 3.05) is 44.2 Å². The van der Waals surface area contributed by atoms with Crippen LogP contribution in [0.25, 0.3) is 11.0 Å². The first kappa shape index (κ1) is 23.0. The number of ether oxygens (including phenoxy) is 1. The van der Waals surface area contributed by atoms with Gasteiger partial charge in [-0.3, -0.25) is 9.80 Å². The standard InChI is InChI=1S/C29H32FN5O/c1-32-27-5-3-2-4-26(27)31-29(32)21-34-16-17-36-28-11-6-22(18-23(28)20-34)19-33-12-14-35(15-13-33)25-9-7-24(30)8-10-25/h2-11,18H,12-17,19-21H2,1H3. The number of anilines is 1. The molecule has 0 aliphatic carbocycles. The maximum absolute atomic E-state index is 13.3. The number of aryl methyl sites for hydroxylation is 1. The van der Waals surface area contributed by atoms with Crippen LogP contribution in [0.5, 0.6) is 5.75 Å². The van der Waals surface area contributed by atoms with Crippen molar-refractivity contribution >= 4 is 16.7 Å². The summed E-state index contributed by atoms with van der Waals surface area (Å²) in [5, 5.41) is 0. The highest BCUT2D eigenvalue weighted by Gasteiger charge is 2.21. The Kier molecular flexibility index (Phi) is 6.34. The van der Waals surface area contributed by atoms with Gasteiger partial charge in [-0.15, -0.1) is 0 Å². The first-order valence-electron chi connectivity index (χ1n) is 12.7. The van der Waals surface area contributed by atoms with Crippen molar-refractivity contribution in [3.05, 3.63) is 89.5 Å². The molecular weight excluding hydrogens is 453 g/mol. The highest BCUT2D eigenvalue weighted by molar-refractivity contribution is 5.75. The molecule has 6 nitrogen and oxygen atoms in total. The lowest BCUT2D eigenvalue weighted by Crippen LogP contribution is -2.45. The van der Waals surface area contributed by atoms with E-state index >= 15 is 0 Å². The van der Waals surface area contributed by atoms with Crippen molar-refractivity contribution in [2.45, 2.75) is 19.6 Å². The van der Waals surface area contributed by atoms with E-state index in [0.717, 1.165) is 75.1 Å². The molecular formula is C29H32FN5O. The summed E-state index contributed by atoms with van der Waals surface area (Å²) in [4.78, 5) is 12.1. The summed E-state index contributed by atoms with van der Waals surface area (Å²) in [5.74, 6) is 1.89. The normalized spacial score (nSPS) is 17.1. The average Bonchev–Trinajstić information content (AvgIpc) is 3.07. The van der Waals surface area contributed by atoms with Gasteiger partial charge in [0.15, 0.2) is 0 Å². The maximum atomic E-state index is 13.3. The number of imidazole rings is 1. The van der Waals surface area contributed by atoms with Gasteiger partial charge in [-0.2, -0.15) is 0 Å². The summed E-state index contributed by atoms with van der Waals surface area (Å²) >= 11 is 0. The Morgan fingerprint density at radius 2 is 1.67 bits per heavy atom. The highest BCUT2D eigenvalue weighted by atomic mass is 19.1. The van der Waals surface area contributed by atoms with E-state index < -0.39 is 0 Å². The molecule has 2 aliphatic heterocycles. The zero-order chi connectivity index (χ0) is 24.5. The van der Waals surface area contributed by atoms with Crippen LogP contribution in [0.15, 0.2) is 66.7 Å². The van der Waals surface area contributed by atoms with E-state index in [-0.39, 0.29) is 5.82 Å². The predicted octanol–water partition coefficient (Wildman–Crippen LogP) is 4.43. The predicted molar refractivity (Wildman–Crippen MR) is 141 cm³/mol. The molecule has 3 heterocycles. The quantitative estimate of drug-likeness (QED) is 0.418. The second kappa shape index (κ2) is 9.91. The van der Waals surface area contributed by atoms with Crippen LogP contribution in [0.4, 0.5) is 10.1 Å². The van der Waals surface area contributed by atoms with Gasteiger partial charge < -0.3 is 14.2 Å². The molecule has 0 unspecified atom stereocenters. The van der Waals surface area contributed by atoms with Crippen molar-refractivity contribution in [2.24, 2.45) is 7.05 Å². The number of halogens is 1.